The van der Waals surface area contributed by atoms with Crippen molar-refractivity contribution in [3.05, 3.63) is 6.42 Å². The van der Waals surface area contributed by atoms with Gasteiger partial charge >= 0.3 is 6.18 Å². The average molecular weight is 171 g/mol. The van der Waals surface area contributed by atoms with Gasteiger partial charge in [0.15, 0.2) is 0 Å². The van der Waals surface area contributed by atoms with Crippen molar-refractivity contribution < 1.29 is 17.6 Å². The normalized spacial score (nSPS) is 12.0. The van der Waals surface area contributed by atoms with Gasteiger partial charge in [0, 0.05) is 0 Å². The largest absolute Gasteiger partial charge is 0.392 e. The maximum absolute atomic E-state index is 11.4. The van der Waals surface area contributed by atoms with Crippen LogP contribution in [0.1, 0.15) is 25.7 Å². The minimum absolute atomic E-state index is 0.00347. The molecule has 0 aliphatic heterocycles. The first-order chi connectivity index (χ1) is 5.06. The Morgan fingerprint density at radius 3 is 2.09 bits per heavy atom. The van der Waals surface area contributed by atoms with Crippen LogP contribution in [0.2, 0.25) is 0 Å². The highest BCUT2D eigenvalue weighted by atomic mass is 19.4. The Hall–Kier alpha value is -0.280. The van der Waals surface area contributed by atoms with E-state index < -0.39 is 12.9 Å². The van der Waals surface area contributed by atoms with Crippen molar-refractivity contribution in [3.8, 4) is 0 Å². The van der Waals surface area contributed by atoms with Crippen molar-refractivity contribution in [2.24, 2.45) is 0 Å². The second-order valence-electron chi connectivity index (χ2n) is 2.28. The molecular weight excluding hydrogens is 160 g/mol. The zero-order valence-corrected chi connectivity index (χ0v) is 6.12. The fourth-order valence-corrected chi connectivity index (χ4v) is 0.681. The van der Waals surface area contributed by atoms with Crippen LogP contribution >= 0.6 is 0 Å². The van der Waals surface area contributed by atoms with E-state index in [1.807, 2.05) is 0 Å². The van der Waals surface area contributed by atoms with E-state index >= 15 is 0 Å². The number of alkyl halides is 4. The molecule has 0 N–H and O–H groups in total. The van der Waals surface area contributed by atoms with Crippen LogP contribution in [0.15, 0.2) is 0 Å². The molecule has 0 saturated carbocycles. The summed E-state index contributed by atoms with van der Waals surface area (Å²) in [6.07, 6.45) is -2.54. The number of hydrogen-bond donors (Lipinski definition) is 0. The average Bonchev–Trinajstić information content (AvgIpc) is 1.85. The molecule has 67 valence electrons. The van der Waals surface area contributed by atoms with Crippen LogP contribution in [0.3, 0.4) is 0 Å². The molecule has 0 aromatic rings. The molecule has 0 heterocycles. The molecule has 0 bridgehead atoms. The van der Waals surface area contributed by atoms with E-state index in [4.69, 9.17) is 0 Å². The monoisotopic (exact) mass is 171 g/mol. The fourth-order valence-electron chi connectivity index (χ4n) is 0.681. The number of unbranched alkanes of at least 4 members (excludes halogenated alkanes) is 3. The van der Waals surface area contributed by atoms with Crippen molar-refractivity contribution in [1.82, 2.24) is 0 Å². The van der Waals surface area contributed by atoms with E-state index in [9.17, 15) is 17.6 Å². The summed E-state index contributed by atoms with van der Waals surface area (Å²) in [6.45, 7) is -0.438. The SMILES string of the molecule is FCCCCC[CH]C(F)(F)F. The van der Waals surface area contributed by atoms with Gasteiger partial charge in [-0.1, -0.05) is 12.8 Å². The van der Waals surface area contributed by atoms with Crippen LogP contribution in [0.4, 0.5) is 17.6 Å². The van der Waals surface area contributed by atoms with E-state index in [2.05, 4.69) is 0 Å². The lowest BCUT2D eigenvalue weighted by Gasteiger charge is -2.03. The summed E-state index contributed by atoms with van der Waals surface area (Å²) in [4.78, 5) is 0. The molecule has 4 heteroatoms. The third-order valence-electron chi connectivity index (χ3n) is 1.21. The molecule has 0 aromatic heterocycles. The summed E-state index contributed by atoms with van der Waals surface area (Å²) in [5, 5.41) is 0. The highest BCUT2D eigenvalue weighted by molar-refractivity contribution is 4.73. The molecule has 1 radical (unpaired) electrons. The van der Waals surface area contributed by atoms with Crippen molar-refractivity contribution in [1.29, 1.82) is 0 Å². The van der Waals surface area contributed by atoms with E-state index in [-0.39, 0.29) is 6.42 Å². The van der Waals surface area contributed by atoms with E-state index in [0.29, 0.717) is 25.7 Å². The van der Waals surface area contributed by atoms with Gasteiger partial charge in [-0.25, -0.2) is 0 Å². The molecule has 0 spiro atoms. The van der Waals surface area contributed by atoms with Gasteiger partial charge in [-0.05, 0) is 12.8 Å². The molecule has 11 heavy (non-hydrogen) atoms. The summed E-state index contributed by atoms with van der Waals surface area (Å²) >= 11 is 0. The summed E-state index contributed by atoms with van der Waals surface area (Å²) in [7, 11) is 0. The smallest absolute Gasteiger partial charge is 0.251 e. The number of rotatable bonds is 5. The first-order valence-corrected chi connectivity index (χ1v) is 3.53. The third-order valence-corrected chi connectivity index (χ3v) is 1.21. The lowest BCUT2D eigenvalue weighted by Crippen LogP contribution is -2.07. The number of hydrogen-bond acceptors (Lipinski definition) is 0. The Kier molecular flexibility index (Phi) is 5.24. The predicted molar refractivity (Wildman–Crippen MR) is 34.8 cm³/mol. The van der Waals surface area contributed by atoms with Crippen LogP contribution in [0, 0.1) is 6.42 Å². The van der Waals surface area contributed by atoms with Gasteiger partial charge in [0.1, 0.15) is 0 Å². The van der Waals surface area contributed by atoms with Crippen molar-refractivity contribution in [2.75, 3.05) is 6.67 Å². The molecule has 0 unspecified atom stereocenters. The van der Waals surface area contributed by atoms with Crippen LogP contribution in [0.5, 0.6) is 0 Å². The van der Waals surface area contributed by atoms with Crippen LogP contribution in [-0.2, 0) is 0 Å². The van der Waals surface area contributed by atoms with Crippen molar-refractivity contribution >= 4 is 0 Å². The van der Waals surface area contributed by atoms with E-state index in [1.54, 1.807) is 0 Å². The molecule has 0 fully saturated rings. The van der Waals surface area contributed by atoms with Crippen LogP contribution < -0.4 is 0 Å². The first kappa shape index (κ1) is 10.7. The highest BCUT2D eigenvalue weighted by Crippen LogP contribution is 2.21. The fraction of sp³-hybridized carbons (Fsp3) is 0.857. The van der Waals surface area contributed by atoms with Crippen molar-refractivity contribution in [3.63, 3.8) is 0 Å². The molecule has 0 saturated heterocycles. The third kappa shape index (κ3) is 9.72. The van der Waals surface area contributed by atoms with Crippen molar-refractivity contribution in [2.45, 2.75) is 31.9 Å². The minimum Gasteiger partial charge on any atom is -0.251 e. The Morgan fingerprint density at radius 1 is 1.00 bits per heavy atom. The van der Waals surface area contributed by atoms with Crippen LogP contribution in [0.25, 0.3) is 0 Å². The Balaban J connectivity index is 3.02. The summed E-state index contributed by atoms with van der Waals surface area (Å²) in [5.74, 6) is 0. The zero-order valence-electron chi connectivity index (χ0n) is 6.12. The van der Waals surface area contributed by atoms with Gasteiger partial charge in [0.25, 0.3) is 0 Å². The second kappa shape index (κ2) is 5.38. The lowest BCUT2D eigenvalue weighted by atomic mass is 10.1. The maximum Gasteiger partial charge on any atom is 0.392 e. The first-order valence-electron chi connectivity index (χ1n) is 3.53. The topological polar surface area (TPSA) is 0 Å². The Bertz CT molecular complexity index is 86.9. The molecule has 0 aliphatic rings. The van der Waals surface area contributed by atoms with Crippen LogP contribution in [-0.4, -0.2) is 12.9 Å². The standard InChI is InChI=1S/C7H11F4/c8-6-4-2-1-3-5-7(9,10)11/h5H,1-4,6H2. The predicted octanol–water partition coefficient (Wildman–Crippen LogP) is 3.28. The molecule has 0 atom stereocenters. The molecule has 0 rings (SSSR count). The Labute approximate surface area is 63.6 Å². The summed E-state index contributed by atoms with van der Waals surface area (Å²) in [5.41, 5.74) is 0. The molecule has 0 aliphatic carbocycles. The van der Waals surface area contributed by atoms with E-state index in [0.717, 1.165) is 0 Å². The molecule has 0 nitrogen and oxygen atoms in total. The van der Waals surface area contributed by atoms with Gasteiger partial charge in [-0.15, -0.1) is 0 Å². The van der Waals surface area contributed by atoms with Gasteiger partial charge in [-0.3, -0.25) is 4.39 Å². The quantitative estimate of drug-likeness (QED) is 0.440. The summed E-state index contributed by atoms with van der Waals surface area (Å²) in [6, 6.07) is 0. The lowest BCUT2D eigenvalue weighted by molar-refractivity contribution is -0.0984. The summed E-state index contributed by atoms with van der Waals surface area (Å²) < 4.78 is 45.7. The molecule has 0 aromatic carbocycles. The maximum atomic E-state index is 11.4. The van der Waals surface area contributed by atoms with Gasteiger partial charge in [0.2, 0.25) is 0 Å². The minimum atomic E-state index is -4.17. The number of halogens is 4. The van der Waals surface area contributed by atoms with Gasteiger partial charge in [-0.2, -0.15) is 13.2 Å². The van der Waals surface area contributed by atoms with Gasteiger partial charge < -0.3 is 0 Å². The molecule has 0 amide bonds. The Morgan fingerprint density at radius 2 is 1.64 bits per heavy atom. The second-order valence-corrected chi connectivity index (χ2v) is 2.28. The zero-order chi connectivity index (χ0) is 8.74. The highest BCUT2D eigenvalue weighted by Gasteiger charge is 2.26. The van der Waals surface area contributed by atoms with E-state index in [1.165, 1.54) is 0 Å². The van der Waals surface area contributed by atoms with Gasteiger partial charge in [0.05, 0.1) is 13.1 Å². The molecular formula is C7H11F4.